The number of carboxylic acids is 1. The summed E-state index contributed by atoms with van der Waals surface area (Å²) in [6.07, 6.45) is 5.47. The van der Waals surface area contributed by atoms with Gasteiger partial charge in [0.25, 0.3) is 0 Å². The van der Waals surface area contributed by atoms with Crippen molar-refractivity contribution in [2.75, 3.05) is 12.1 Å². The molecule has 0 spiro atoms. The van der Waals surface area contributed by atoms with Gasteiger partial charge in [-0.2, -0.15) is 0 Å². The average molecular weight is 462 g/mol. The van der Waals surface area contributed by atoms with Gasteiger partial charge >= 0.3 is 5.97 Å². The van der Waals surface area contributed by atoms with Gasteiger partial charge in [-0.25, -0.2) is 0 Å². The fourth-order valence-electron chi connectivity index (χ4n) is 5.25. The van der Waals surface area contributed by atoms with Crippen LogP contribution in [0.1, 0.15) is 75.5 Å². The van der Waals surface area contributed by atoms with Crippen LogP contribution in [0.4, 0.5) is 5.69 Å². The number of rotatable bonds is 7. The van der Waals surface area contributed by atoms with E-state index in [0.29, 0.717) is 12.2 Å². The molecule has 1 aliphatic heterocycles. The molecule has 0 bridgehead atoms. The number of amides is 1. The molecule has 2 aromatic carbocycles. The average Bonchev–Trinajstić information content (AvgIpc) is 3.31. The summed E-state index contributed by atoms with van der Waals surface area (Å²) in [6, 6.07) is 11.9. The van der Waals surface area contributed by atoms with E-state index in [4.69, 9.17) is 14.6 Å². The van der Waals surface area contributed by atoms with Gasteiger partial charge < -0.3 is 19.9 Å². The molecule has 1 atom stereocenters. The molecular weight excluding hydrogens is 430 g/mol. The van der Waals surface area contributed by atoms with E-state index in [1.165, 1.54) is 11.1 Å². The summed E-state index contributed by atoms with van der Waals surface area (Å²) in [7, 11) is 0. The molecule has 0 radical (unpaired) electrons. The third-order valence-corrected chi connectivity index (χ3v) is 7.27. The second-order valence-electron chi connectivity index (χ2n) is 10.6. The van der Waals surface area contributed by atoms with Gasteiger partial charge in [0.15, 0.2) is 11.5 Å². The lowest BCUT2D eigenvalue weighted by Crippen LogP contribution is -2.27. The van der Waals surface area contributed by atoms with Gasteiger partial charge in [-0.3, -0.25) is 9.59 Å². The summed E-state index contributed by atoms with van der Waals surface area (Å²) in [5, 5.41) is 12.2. The summed E-state index contributed by atoms with van der Waals surface area (Å²) in [4.78, 5) is 24.4. The number of fused-ring (bicyclic) bond motifs is 2. The number of carbonyl (C=O) groups excluding carboxylic acids is 1. The van der Waals surface area contributed by atoms with Crippen molar-refractivity contribution in [2.45, 2.75) is 64.2 Å². The van der Waals surface area contributed by atoms with Crippen LogP contribution in [-0.4, -0.2) is 23.8 Å². The second kappa shape index (κ2) is 8.19. The topological polar surface area (TPSA) is 84.9 Å². The first-order chi connectivity index (χ1) is 16.2. The van der Waals surface area contributed by atoms with Gasteiger partial charge in [-0.15, -0.1) is 0 Å². The Morgan fingerprint density at radius 2 is 1.85 bits per heavy atom. The van der Waals surface area contributed by atoms with Gasteiger partial charge in [0.1, 0.15) is 0 Å². The number of carboxylic acid groups (broad SMARTS) is 1. The molecule has 178 valence electrons. The predicted molar refractivity (Wildman–Crippen MR) is 130 cm³/mol. The maximum atomic E-state index is 13.3. The number of anilines is 1. The van der Waals surface area contributed by atoms with Crippen molar-refractivity contribution >= 4 is 23.6 Å². The zero-order valence-electron chi connectivity index (χ0n) is 19.9. The van der Waals surface area contributed by atoms with Crippen LogP contribution in [0.15, 0.2) is 42.0 Å². The highest BCUT2D eigenvalue weighted by molar-refractivity contribution is 6.01. The summed E-state index contributed by atoms with van der Waals surface area (Å²) in [5.41, 5.74) is 4.84. The molecule has 1 unspecified atom stereocenters. The molecule has 6 nitrogen and oxygen atoms in total. The molecule has 34 heavy (non-hydrogen) atoms. The maximum absolute atomic E-state index is 13.3. The van der Waals surface area contributed by atoms with Crippen molar-refractivity contribution in [3.63, 3.8) is 0 Å². The van der Waals surface area contributed by atoms with Gasteiger partial charge in [0, 0.05) is 18.0 Å². The third-order valence-electron chi connectivity index (χ3n) is 7.27. The van der Waals surface area contributed by atoms with E-state index in [0.717, 1.165) is 41.8 Å². The van der Waals surface area contributed by atoms with E-state index in [1.807, 2.05) is 30.3 Å². The number of hydrogen-bond acceptors (Lipinski definition) is 4. The monoisotopic (exact) mass is 461 g/mol. The van der Waals surface area contributed by atoms with Gasteiger partial charge in [0.05, 0.1) is 5.41 Å². The predicted octanol–water partition coefficient (Wildman–Crippen LogP) is 5.87. The van der Waals surface area contributed by atoms with Crippen molar-refractivity contribution < 1.29 is 24.2 Å². The van der Waals surface area contributed by atoms with Crippen molar-refractivity contribution in [3.8, 4) is 11.5 Å². The number of hydrogen-bond donors (Lipinski definition) is 2. The summed E-state index contributed by atoms with van der Waals surface area (Å²) in [5.74, 6) is 0.875. The fourth-order valence-corrected chi connectivity index (χ4v) is 5.25. The van der Waals surface area contributed by atoms with E-state index in [1.54, 1.807) is 0 Å². The maximum Gasteiger partial charge on any atom is 0.303 e. The minimum atomic E-state index is -0.756. The van der Waals surface area contributed by atoms with E-state index >= 15 is 0 Å². The summed E-state index contributed by atoms with van der Waals surface area (Å²) < 4.78 is 10.9. The van der Waals surface area contributed by atoms with Crippen molar-refractivity contribution in [3.05, 3.63) is 58.7 Å². The smallest absolute Gasteiger partial charge is 0.303 e. The molecule has 2 aliphatic carbocycles. The van der Waals surface area contributed by atoms with Gasteiger partial charge in [0.2, 0.25) is 12.7 Å². The van der Waals surface area contributed by atoms with Crippen LogP contribution in [0.2, 0.25) is 0 Å². The molecule has 2 N–H and O–H groups in total. The molecule has 3 aliphatic rings. The number of allylic oxidation sites excluding steroid dienone is 1. The van der Waals surface area contributed by atoms with E-state index in [9.17, 15) is 9.59 Å². The molecule has 5 rings (SSSR count). The van der Waals surface area contributed by atoms with E-state index in [-0.39, 0.29) is 30.5 Å². The van der Waals surface area contributed by atoms with Crippen LogP contribution < -0.4 is 14.8 Å². The standard InChI is InChI=1S/C28H31NO5/c1-27(2,3)22-14-17-13-19(8-9-20(17)21(22)5-4-6-25(30)31)29-26(32)28(11-12-28)18-7-10-23-24(15-18)34-16-33-23/h7-10,13-15,21H,4-6,11-12,16H2,1-3H3,(H,29,32)(H,30,31). The highest BCUT2D eigenvalue weighted by Crippen LogP contribution is 2.52. The quantitative estimate of drug-likeness (QED) is 0.539. The molecule has 2 aromatic rings. The first-order valence-electron chi connectivity index (χ1n) is 12.0. The highest BCUT2D eigenvalue weighted by Gasteiger charge is 2.51. The first-order valence-corrected chi connectivity index (χ1v) is 12.0. The van der Waals surface area contributed by atoms with Crippen LogP contribution >= 0.6 is 0 Å². The van der Waals surface area contributed by atoms with Crippen molar-refractivity contribution in [1.29, 1.82) is 0 Å². The lowest BCUT2D eigenvalue weighted by Gasteiger charge is -2.27. The summed E-state index contributed by atoms with van der Waals surface area (Å²) >= 11 is 0. The zero-order chi connectivity index (χ0) is 24.1. The Kier molecular flexibility index (Phi) is 5.42. The van der Waals surface area contributed by atoms with Gasteiger partial charge in [-0.05, 0) is 72.1 Å². The Bertz CT molecular complexity index is 1190. The van der Waals surface area contributed by atoms with Crippen molar-refractivity contribution in [2.24, 2.45) is 5.41 Å². The zero-order valence-corrected chi connectivity index (χ0v) is 19.9. The Morgan fingerprint density at radius 3 is 2.56 bits per heavy atom. The molecule has 0 saturated heterocycles. The van der Waals surface area contributed by atoms with Crippen LogP contribution in [0.25, 0.3) is 6.08 Å². The molecule has 0 aromatic heterocycles. The normalized spacial score (nSPS) is 19.4. The fraction of sp³-hybridized carbons (Fsp3) is 0.429. The number of aliphatic carboxylic acids is 1. The largest absolute Gasteiger partial charge is 0.481 e. The minimum Gasteiger partial charge on any atom is -0.481 e. The molecule has 1 heterocycles. The Labute approximate surface area is 200 Å². The lowest BCUT2D eigenvalue weighted by atomic mass is 9.77. The van der Waals surface area contributed by atoms with Crippen molar-refractivity contribution in [1.82, 2.24) is 0 Å². The van der Waals surface area contributed by atoms with Crippen LogP contribution in [0.3, 0.4) is 0 Å². The molecule has 1 saturated carbocycles. The molecule has 6 heteroatoms. The minimum absolute atomic E-state index is 0.00217. The molecule has 1 fully saturated rings. The number of nitrogens with one attached hydrogen (secondary N) is 1. The van der Waals surface area contributed by atoms with Gasteiger partial charge in [-0.1, -0.05) is 44.6 Å². The second-order valence-corrected chi connectivity index (χ2v) is 10.6. The highest BCUT2D eigenvalue weighted by atomic mass is 16.7. The van der Waals surface area contributed by atoms with Crippen LogP contribution in [-0.2, 0) is 15.0 Å². The molecule has 1 amide bonds. The first kappa shape index (κ1) is 22.5. The number of carbonyl (C=O) groups is 2. The Morgan fingerprint density at radius 1 is 1.09 bits per heavy atom. The van der Waals surface area contributed by atoms with E-state index in [2.05, 4.69) is 38.2 Å². The Hall–Kier alpha value is -3.28. The molecular formula is C28H31NO5. The van der Waals surface area contributed by atoms with Crippen LogP contribution in [0.5, 0.6) is 11.5 Å². The SMILES string of the molecule is CC(C)(C)C1=Cc2cc(NC(=O)C3(c4ccc5c(c4)OCO5)CC3)ccc2C1CCCC(=O)O. The summed E-state index contributed by atoms with van der Waals surface area (Å²) in [6.45, 7) is 6.80. The lowest BCUT2D eigenvalue weighted by molar-refractivity contribution is -0.137. The number of benzene rings is 2. The van der Waals surface area contributed by atoms with E-state index < -0.39 is 11.4 Å². The third kappa shape index (κ3) is 4.06. The van der Waals surface area contributed by atoms with Crippen LogP contribution in [0, 0.1) is 5.41 Å². The number of ether oxygens (including phenoxy) is 2. The Balaban J connectivity index is 1.36.